The highest BCUT2D eigenvalue weighted by Crippen LogP contribution is 2.45. The number of nitrogens with zero attached hydrogens (tertiary/aromatic N) is 1. The Hall–Kier alpha value is -7.94. The number of benzene rings is 11. The fourth-order valence-electron chi connectivity index (χ4n) is 8.87. The lowest BCUT2D eigenvalue weighted by atomic mass is 9.97. The monoisotopic (exact) mass is 767 g/mol. The van der Waals surface area contributed by atoms with E-state index in [1.807, 2.05) is 77.7 Å². The number of anilines is 3. The molecule has 0 aliphatic heterocycles. The van der Waals surface area contributed by atoms with Crippen LogP contribution in [0.3, 0.4) is 0 Å². The SMILES string of the molecule is [2H]c1c([2H])c(N(c2ccc(-c3ccc(-c4ccc5ccccc5c4)cc3)cc2)c2cccc3oc4c5ccccc5ccc4c23)c([2H])c([2H])c1-c1ccc2c(ccc3ccccc32)c1. The van der Waals surface area contributed by atoms with Crippen LogP contribution in [0.1, 0.15) is 5.48 Å². The molecular formula is C58H37NO. The molecule has 2 nitrogen and oxygen atoms in total. The van der Waals surface area contributed by atoms with Gasteiger partial charge in [0.05, 0.1) is 16.6 Å². The molecule has 0 radical (unpaired) electrons. The molecule has 0 fully saturated rings. The zero-order valence-corrected chi connectivity index (χ0v) is 32.4. The second-order valence-electron chi connectivity index (χ2n) is 15.4. The molecule has 12 aromatic rings. The Bertz CT molecular complexity index is 3810. The van der Waals surface area contributed by atoms with Crippen LogP contribution < -0.4 is 4.90 Å². The molecule has 0 amide bonds. The van der Waals surface area contributed by atoms with Crippen LogP contribution in [0.25, 0.3) is 98.4 Å². The van der Waals surface area contributed by atoms with E-state index < -0.39 is 0 Å². The van der Waals surface area contributed by atoms with Crippen LogP contribution in [0, 0.1) is 0 Å². The average molecular weight is 768 g/mol. The minimum atomic E-state index is -0.141. The van der Waals surface area contributed by atoms with Gasteiger partial charge in [0.15, 0.2) is 0 Å². The molecule has 12 rings (SSSR count). The van der Waals surface area contributed by atoms with E-state index in [-0.39, 0.29) is 35.4 Å². The maximum absolute atomic E-state index is 9.72. The minimum absolute atomic E-state index is 0.112. The smallest absolute Gasteiger partial charge is 0.143 e. The topological polar surface area (TPSA) is 16.4 Å². The summed E-state index contributed by atoms with van der Waals surface area (Å²) < 4.78 is 45.2. The third-order valence-electron chi connectivity index (χ3n) is 11.9. The van der Waals surface area contributed by atoms with Gasteiger partial charge in [-0.15, -0.1) is 0 Å². The number of fused-ring (bicyclic) bond motifs is 9. The van der Waals surface area contributed by atoms with Gasteiger partial charge in [-0.2, -0.15) is 0 Å². The van der Waals surface area contributed by atoms with E-state index in [4.69, 9.17) is 4.42 Å². The van der Waals surface area contributed by atoms with Gasteiger partial charge in [-0.3, -0.25) is 0 Å². The molecule has 0 saturated carbocycles. The number of hydrogen-bond donors (Lipinski definition) is 0. The van der Waals surface area contributed by atoms with E-state index in [9.17, 15) is 5.48 Å². The standard InChI is InChI=1S/C58H37NO/c1-2-11-45-36-46(22-20-38(45)8-1)41-18-16-39(17-19-41)40-24-30-49(31-25-40)59(55-14-7-15-56-57(55)54-35-28-44-10-4-6-13-53(44)58(54)60-56)50-32-26-42(27-33-50)47-29-34-52-48(37-47)23-21-43-9-3-5-12-51(43)52/h1-37H/i26D,27D,32D,33D. The minimum Gasteiger partial charge on any atom is -0.455 e. The molecule has 0 N–H and O–H groups in total. The lowest BCUT2D eigenvalue weighted by Gasteiger charge is -2.26. The Balaban J connectivity index is 1.01. The van der Waals surface area contributed by atoms with Gasteiger partial charge in [0.1, 0.15) is 11.2 Å². The fourth-order valence-corrected chi connectivity index (χ4v) is 8.87. The van der Waals surface area contributed by atoms with Crippen molar-refractivity contribution < 1.29 is 9.90 Å². The first-order valence-corrected chi connectivity index (χ1v) is 20.2. The normalized spacial score (nSPS) is 12.6. The van der Waals surface area contributed by atoms with Gasteiger partial charge in [-0.1, -0.05) is 170 Å². The van der Waals surface area contributed by atoms with Crippen LogP contribution in [0.2, 0.25) is 0 Å². The third kappa shape index (κ3) is 5.73. The van der Waals surface area contributed by atoms with E-state index in [0.29, 0.717) is 22.5 Å². The lowest BCUT2D eigenvalue weighted by Crippen LogP contribution is -2.10. The Morgan fingerprint density at radius 3 is 1.63 bits per heavy atom. The van der Waals surface area contributed by atoms with Crippen LogP contribution in [0.15, 0.2) is 229 Å². The molecule has 1 heterocycles. The van der Waals surface area contributed by atoms with E-state index in [0.717, 1.165) is 70.9 Å². The van der Waals surface area contributed by atoms with Gasteiger partial charge >= 0.3 is 0 Å². The summed E-state index contributed by atoms with van der Waals surface area (Å²) in [5.41, 5.74) is 8.17. The highest BCUT2D eigenvalue weighted by Gasteiger charge is 2.21. The zero-order valence-electron chi connectivity index (χ0n) is 36.4. The molecule has 60 heavy (non-hydrogen) atoms. The van der Waals surface area contributed by atoms with Crippen molar-refractivity contribution in [1.29, 1.82) is 0 Å². The largest absolute Gasteiger partial charge is 0.455 e. The quantitative estimate of drug-likeness (QED) is 0.157. The summed E-state index contributed by atoms with van der Waals surface area (Å²) in [6.45, 7) is 0. The predicted octanol–water partition coefficient (Wildman–Crippen LogP) is 16.7. The van der Waals surface area contributed by atoms with Crippen molar-refractivity contribution >= 4 is 82.1 Å². The van der Waals surface area contributed by atoms with Crippen molar-refractivity contribution in [2.75, 3.05) is 4.90 Å². The van der Waals surface area contributed by atoms with Crippen molar-refractivity contribution in [3.63, 3.8) is 0 Å². The molecule has 0 saturated heterocycles. The van der Waals surface area contributed by atoms with Crippen molar-refractivity contribution in [3.8, 4) is 33.4 Å². The van der Waals surface area contributed by atoms with Crippen molar-refractivity contribution in [2.45, 2.75) is 0 Å². The van der Waals surface area contributed by atoms with Gasteiger partial charge in [0, 0.05) is 22.1 Å². The summed E-state index contributed by atoms with van der Waals surface area (Å²) in [5, 5.41) is 10.5. The van der Waals surface area contributed by atoms with Crippen molar-refractivity contribution in [2.24, 2.45) is 0 Å². The molecular weight excluding hydrogens is 727 g/mol. The maximum atomic E-state index is 9.72. The molecule has 0 aliphatic rings. The number of hydrogen-bond acceptors (Lipinski definition) is 2. The van der Waals surface area contributed by atoms with Crippen LogP contribution in [-0.2, 0) is 0 Å². The number of furan rings is 1. The van der Waals surface area contributed by atoms with Gasteiger partial charge in [-0.05, 0) is 126 Å². The van der Waals surface area contributed by atoms with Crippen molar-refractivity contribution in [1.82, 2.24) is 0 Å². The fraction of sp³-hybridized carbons (Fsp3) is 0. The van der Waals surface area contributed by atoms with Gasteiger partial charge in [-0.25, -0.2) is 0 Å². The summed E-state index contributed by atoms with van der Waals surface area (Å²) in [7, 11) is 0. The summed E-state index contributed by atoms with van der Waals surface area (Å²) >= 11 is 0. The van der Waals surface area contributed by atoms with Gasteiger partial charge in [0.2, 0.25) is 0 Å². The van der Waals surface area contributed by atoms with Crippen LogP contribution >= 0.6 is 0 Å². The van der Waals surface area contributed by atoms with Crippen LogP contribution in [0.4, 0.5) is 17.1 Å². The Morgan fingerprint density at radius 2 is 0.850 bits per heavy atom. The Labute approximate surface area is 353 Å². The first-order chi connectivity index (χ1) is 31.4. The zero-order chi connectivity index (χ0) is 43.1. The predicted molar refractivity (Wildman–Crippen MR) is 255 cm³/mol. The highest BCUT2D eigenvalue weighted by molar-refractivity contribution is 6.19. The van der Waals surface area contributed by atoms with Crippen LogP contribution in [0.5, 0.6) is 0 Å². The molecule has 0 spiro atoms. The average Bonchev–Trinajstić information content (AvgIpc) is 3.75. The van der Waals surface area contributed by atoms with Crippen molar-refractivity contribution in [3.05, 3.63) is 224 Å². The molecule has 2 heteroatoms. The van der Waals surface area contributed by atoms with Crippen LogP contribution in [-0.4, -0.2) is 0 Å². The number of rotatable bonds is 6. The summed E-state index contributed by atoms with van der Waals surface area (Å²) in [6, 6.07) is 67.5. The first kappa shape index (κ1) is 30.2. The summed E-state index contributed by atoms with van der Waals surface area (Å²) in [5.74, 6) is 0. The van der Waals surface area contributed by atoms with Gasteiger partial charge in [0.25, 0.3) is 0 Å². The Morgan fingerprint density at radius 1 is 0.333 bits per heavy atom. The molecule has 1 aromatic heterocycles. The molecule has 280 valence electrons. The Kier molecular flexibility index (Phi) is 6.98. The first-order valence-electron chi connectivity index (χ1n) is 22.2. The van der Waals surface area contributed by atoms with E-state index in [1.165, 1.54) is 10.8 Å². The second kappa shape index (κ2) is 13.9. The van der Waals surface area contributed by atoms with E-state index in [2.05, 4.69) is 127 Å². The lowest BCUT2D eigenvalue weighted by molar-refractivity contribution is 0.672. The molecule has 0 unspecified atom stereocenters. The molecule has 11 aromatic carbocycles. The molecule has 0 bridgehead atoms. The molecule has 0 atom stereocenters. The molecule has 0 aliphatic carbocycles. The maximum Gasteiger partial charge on any atom is 0.143 e. The highest BCUT2D eigenvalue weighted by atomic mass is 16.3. The van der Waals surface area contributed by atoms with E-state index >= 15 is 0 Å². The third-order valence-corrected chi connectivity index (χ3v) is 11.9. The van der Waals surface area contributed by atoms with E-state index in [1.54, 1.807) is 0 Å². The van der Waals surface area contributed by atoms with Gasteiger partial charge < -0.3 is 9.32 Å². The summed E-state index contributed by atoms with van der Waals surface area (Å²) in [6.07, 6.45) is 0. The second-order valence-corrected chi connectivity index (χ2v) is 15.4. The summed E-state index contributed by atoms with van der Waals surface area (Å²) in [4.78, 5) is 1.87.